The van der Waals surface area contributed by atoms with E-state index < -0.39 is 5.60 Å². The van der Waals surface area contributed by atoms with Crippen molar-refractivity contribution >= 4 is 11.9 Å². The number of carbonyl (C=O) groups is 2. The van der Waals surface area contributed by atoms with Gasteiger partial charge in [0.1, 0.15) is 0 Å². The Labute approximate surface area is 125 Å². The lowest BCUT2D eigenvalue weighted by atomic mass is 9.82. The molecule has 0 aromatic carbocycles. The van der Waals surface area contributed by atoms with Gasteiger partial charge in [0.2, 0.25) is 5.91 Å². The average molecular weight is 295 g/mol. The summed E-state index contributed by atoms with van der Waals surface area (Å²) in [7, 11) is 1.81. The normalized spacial score (nSPS) is 31.8. The Morgan fingerprint density at radius 3 is 2.81 bits per heavy atom. The highest BCUT2D eigenvalue weighted by Gasteiger charge is 2.42. The molecule has 21 heavy (non-hydrogen) atoms. The number of rotatable bonds is 2. The topological polar surface area (TPSA) is 72.9 Å². The fraction of sp³-hybridized carbons (Fsp3) is 0.867. The molecule has 1 aliphatic carbocycles. The molecule has 0 spiro atoms. The molecule has 2 atom stereocenters. The van der Waals surface area contributed by atoms with E-state index in [0.29, 0.717) is 13.1 Å². The zero-order chi connectivity index (χ0) is 15.0. The lowest BCUT2D eigenvalue weighted by Gasteiger charge is -2.38. The molecule has 0 radical (unpaired) electrons. The van der Waals surface area contributed by atoms with Gasteiger partial charge in [-0.3, -0.25) is 4.79 Å². The van der Waals surface area contributed by atoms with Crippen LogP contribution in [-0.2, 0) is 4.79 Å². The first kappa shape index (κ1) is 14.6. The van der Waals surface area contributed by atoms with Crippen molar-refractivity contribution < 1.29 is 14.7 Å². The third-order valence-electron chi connectivity index (χ3n) is 5.32. The molecular formula is C15H25N3O3. The van der Waals surface area contributed by atoms with Crippen molar-refractivity contribution in [3.8, 4) is 0 Å². The molecule has 6 nitrogen and oxygen atoms in total. The Morgan fingerprint density at radius 1 is 1.38 bits per heavy atom. The number of likely N-dealkylation sites (N-methyl/N-ethyl adjacent to an activating group) is 1. The highest BCUT2D eigenvalue weighted by molar-refractivity contribution is 5.79. The van der Waals surface area contributed by atoms with Crippen LogP contribution in [0.15, 0.2) is 0 Å². The van der Waals surface area contributed by atoms with Crippen molar-refractivity contribution in [2.75, 3.05) is 20.1 Å². The predicted octanol–water partition coefficient (Wildman–Crippen LogP) is 0.696. The van der Waals surface area contributed by atoms with E-state index in [1.54, 1.807) is 4.90 Å². The molecule has 1 saturated carbocycles. The lowest BCUT2D eigenvalue weighted by Crippen LogP contribution is -2.53. The lowest BCUT2D eigenvalue weighted by molar-refractivity contribution is -0.139. The number of hydrogen-bond acceptors (Lipinski definition) is 3. The minimum atomic E-state index is -0.804. The summed E-state index contributed by atoms with van der Waals surface area (Å²) in [5.41, 5.74) is -0.804. The molecular weight excluding hydrogens is 270 g/mol. The van der Waals surface area contributed by atoms with E-state index in [1.165, 1.54) is 0 Å². The Morgan fingerprint density at radius 2 is 2.10 bits per heavy atom. The zero-order valence-corrected chi connectivity index (χ0v) is 12.7. The number of nitrogens with one attached hydrogen (secondary N) is 1. The molecule has 3 amide bonds. The summed E-state index contributed by atoms with van der Waals surface area (Å²) in [6.45, 7) is 1.24. The summed E-state index contributed by atoms with van der Waals surface area (Å²) < 4.78 is 0. The van der Waals surface area contributed by atoms with Crippen LogP contribution in [0.1, 0.15) is 44.9 Å². The van der Waals surface area contributed by atoms with Gasteiger partial charge in [-0.1, -0.05) is 19.3 Å². The minimum absolute atomic E-state index is 0.0289. The number of carbonyl (C=O) groups excluding carboxylic acids is 2. The maximum atomic E-state index is 12.5. The van der Waals surface area contributed by atoms with Gasteiger partial charge in [0.15, 0.2) is 0 Å². The van der Waals surface area contributed by atoms with Crippen LogP contribution in [0.5, 0.6) is 0 Å². The van der Waals surface area contributed by atoms with Crippen LogP contribution in [0.3, 0.4) is 0 Å². The van der Waals surface area contributed by atoms with Gasteiger partial charge < -0.3 is 20.2 Å². The predicted molar refractivity (Wildman–Crippen MR) is 77.7 cm³/mol. The number of likely N-dealkylation sites (tertiary alicyclic amines) is 1. The van der Waals surface area contributed by atoms with Gasteiger partial charge in [-0.15, -0.1) is 0 Å². The van der Waals surface area contributed by atoms with E-state index in [1.807, 2.05) is 11.9 Å². The maximum Gasteiger partial charge on any atom is 0.317 e. The largest absolute Gasteiger partial charge is 0.389 e. The molecule has 3 aliphatic rings. The van der Waals surface area contributed by atoms with Gasteiger partial charge in [-0.25, -0.2) is 4.79 Å². The van der Waals surface area contributed by atoms with Crippen LogP contribution in [0.25, 0.3) is 0 Å². The third kappa shape index (κ3) is 2.86. The monoisotopic (exact) mass is 295 g/mol. The van der Waals surface area contributed by atoms with Gasteiger partial charge in [-0.2, -0.15) is 0 Å². The summed E-state index contributed by atoms with van der Waals surface area (Å²) in [5, 5.41) is 13.5. The van der Waals surface area contributed by atoms with Crippen LogP contribution < -0.4 is 5.32 Å². The summed E-state index contributed by atoms with van der Waals surface area (Å²) in [5.74, 6) is 0.0293. The van der Waals surface area contributed by atoms with Crippen LogP contribution in [0.2, 0.25) is 0 Å². The van der Waals surface area contributed by atoms with Gasteiger partial charge in [-0.05, 0) is 19.3 Å². The molecule has 2 heterocycles. The Balaban J connectivity index is 1.58. The molecule has 118 valence electrons. The molecule has 0 aromatic rings. The molecule has 3 rings (SSSR count). The quantitative estimate of drug-likeness (QED) is 0.787. The van der Waals surface area contributed by atoms with Crippen molar-refractivity contribution in [3.63, 3.8) is 0 Å². The number of piperidine rings is 1. The fourth-order valence-electron chi connectivity index (χ4n) is 3.96. The van der Waals surface area contributed by atoms with Crippen molar-refractivity contribution in [1.29, 1.82) is 0 Å². The fourth-order valence-corrected chi connectivity index (χ4v) is 3.96. The van der Waals surface area contributed by atoms with Gasteiger partial charge in [0, 0.05) is 20.1 Å². The van der Waals surface area contributed by atoms with E-state index in [2.05, 4.69) is 5.32 Å². The SMILES string of the molecule is CN1C(=O)N[C@@H]2CN(C(=O)CC3(O)CCCCC3)CC[C@@H]21. The van der Waals surface area contributed by atoms with Crippen LogP contribution in [-0.4, -0.2) is 64.7 Å². The molecule has 3 fully saturated rings. The molecule has 2 N–H and O–H groups in total. The third-order valence-corrected chi connectivity index (χ3v) is 5.32. The first-order chi connectivity index (χ1) is 9.98. The molecule has 0 unspecified atom stereocenters. The van der Waals surface area contributed by atoms with Gasteiger partial charge in [0.25, 0.3) is 0 Å². The molecule has 0 aromatic heterocycles. The van der Waals surface area contributed by atoms with E-state index in [-0.39, 0.29) is 30.4 Å². The maximum absolute atomic E-state index is 12.5. The number of nitrogens with zero attached hydrogens (tertiary/aromatic N) is 2. The number of amides is 3. The van der Waals surface area contributed by atoms with Crippen LogP contribution in [0, 0.1) is 0 Å². The average Bonchev–Trinajstić information content (AvgIpc) is 2.74. The second-order valence-electron chi connectivity index (χ2n) is 6.82. The van der Waals surface area contributed by atoms with Gasteiger partial charge in [0.05, 0.1) is 24.1 Å². The standard InChI is InChI=1S/C15H25N3O3/c1-17-12-5-8-18(10-11(12)16-14(17)20)13(19)9-15(21)6-3-2-4-7-15/h11-12,21H,2-10H2,1H3,(H,16,20)/t11-,12+/m1/s1. The minimum Gasteiger partial charge on any atom is -0.389 e. The van der Waals surface area contributed by atoms with Crippen molar-refractivity contribution in [2.45, 2.75) is 62.6 Å². The number of urea groups is 1. The Kier molecular flexibility index (Phi) is 3.82. The van der Waals surface area contributed by atoms with Crippen molar-refractivity contribution in [3.05, 3.63) is 0 Å². The van der Waals surface area contributed by atoms with E-state index in [9.17, 15) is 14.7 Å². The first-order valence-electron chi connectivity index (χ1n) is 8.02. The molecule has 2 aliphatic heterocycles. The smallest absolute Gasteiger partial charge is 0.317 e. The first-order valence-corrected chi connectivity index (χ1v) is 8.02. The number of fused-ring (bicyclic) bond motifs is 1. The summed E-state index contributed by atoms with van der Waals surface area (Å²) in [4.78, 5) is 27.7. The summed E-state index contributed by atoms with van der Waals surface area (Å²) in [6, 6.07) is 0.172. The number of aliphatic hydroxyl groups is 1. The zero-order valence-electron chi connectivity index (χ0n) is 12.7. The number of hydrogen-bond donors (Lipinski definition) is 2. The highest BCUT2D eigenvalue weighted by Crippen LogP contribution is 2.32. The second kappa shape index (κ2) is 5.48. The molecule has 2 saturated heterocycles. The second-order valence-corrected chi connectivity index (χ2v) is 6.82. The Hall–Kier alpha value is -1.30. The summed E-state index contributed by atoms with van der Waals surface area (Å²) in [6.07, 6.45) is 5.68. The summed E-state index contributed by atoms with van der Waals surface area (Å²) >= 11 is 0. The van der Waals surface area contributed by atoms with Crippen molar-refractivity contribution in [2.24, 2.45) is 0 Å². The van der Waals surface area contributed by atoms with E-state index >= 15 is 0 Å². The van der Waals surface area contributed by atoms with E-state index in [0.717, 1.165) is 38.5 Å². The van der Waals surface area contributed by atoms with Crippen molar-refractivity contribution in [1.82, 2.24) is 15.1 Å². The molecule has 6 heteroatoms. The molecule has 0 bridgehead atoms. The van der Waals surface area contributed by atoms with Crippen LogP contribution in [0.4, 0.5) is 4.79 Å². The van der Waals surface area contributed by atoms with E-state index in [4.69, 9.17) is 0 Å². The Bertz CT molecular complexity index is 434. The highest BCUT2D eigenvalue weighted by atomic mass is 16.3. The van der Waals surface area contributed by atoms with Crippen LogP contribution >= 0.6 is 0 Å². The van der Waals surface area contributed by atoms with Gasteiger partial charge >= 0.3 is 6.03 Å².